The first-order valence-corrected chi connectivity index (χ1v) is 3.06. The van der Waals surface area contributed by atoms with Crippen LogP contribution >= 0.6 is 22.6 Å². The molecule has 0 atom stereocenters. The summed E-state index contributed by atoms with van der Waals surface area (Å²) in [6.07, 6.45) is 3.63. The van der Waals surface area contributed by atoms with Gasteiger partial charge < -0.3 is 5.32 Å². The van der Waals surface area contributed by atoms with Crippen LogP contribution in [-0.4, -0.2) is 12.9 Å². The second kappa shape index (κ2) is 2.30. The van der Waals surface area contributed by atoms with Crippen molar-refractivity contribution in [2.24, 2.45) is 4.99 Å². The van der Waals surface area contributed by atoms with Gasteiger partial charge in [-0.2, -0.15) is 0 Å². The minimum atomic E-state index is 0.841. The third-order valence-electron chi connectivity index (χ3n) is 0.648. The van der Waals surface area contributed by atoms with Crippen molar-refractivity contribution in [2.75, 3.05) is 6.54 Å². The van der Waals surface area contributed by atoms with Crippen molar-refractivity contribution in [3.63, 3.8) is 0 Å². The first-order chi connectivity index (χ1) is 3.39. The van der Waals surface area contributed by atoms with E-state index in [-0.39, 0.29) is 0 Å². The number of nitrogens with zero attached hydrogens (tertiary/aromatic N) is 1. The molecule has 0 bridgehead atoms. The third-order valence-corrected chi connectivity index (χ3v) is 1.30. The SMILES string of the molecule is IC1=CNC=NC1. The molecule has 1 heterocycles. The monoisotopic (exact) mass is 208 g/mol. The van der Waals surface area contributed by atoms with Gasteiger partial charge >= 0.3 is 0 Å². The number of aliphatic imine (C=N–C) groups is 1. The molecule has 0 aromatic rings. The van der Waals surface area contributed by atoms with Crippen LogP contribution in [0.15, 0.2) is 14.8 Å². The molecule has 1 rings (SSSR count). The van der Waals surface area contributed by atoms with Gasteiger partial charge in [-0.3, -0.25) is 4.99 Å². The highest BCUT2D eigenvalue weighted by Gasteiger charge is 1.89. The highest BCUT2D eigenvalue weighted by molar-refractivity contribution is 14.1. The summed E-state index contributed by atoms with van der Waals surface area (Å²) in [7, 11) is 0. The molecule has 7 heavy (non-hydrogen) atoms. The lowest BCUT2D eigenvalue weighted by Gasteiger charge is -1.98. The fraction of sp³-hybridized carbons (Fsp3) is 0.250. The molecule has 0 aliphatic carbocycles. The maximum atomic E-state index is 3.95. The van der Waals surface area contributed by atoms with Crippen molar-refractivity contribution in [1.29, 1.82) is 0 Å². The van der Waals surface area contributed by atoms with Gasteiger partial charge in [0.15, 0.2) is 0 Å². The van der Waals surface area contributed by atoms with Gasteiger partial charge in [-0.1, -0.05) is 0 Å². The Balaban J connectivity index is 2.50. The minimum Gasteiger partial charge on any atom is -0.352 e. The lowest BCUT2D eigenvalue weighted by molar-refractivity contribution is 1.13. The Labute approximate surface area is 55.8 Å². The number of hydrogen-bond acceptors (Lipinski definition) is 2. The second-order valence-corrected chi connectivity index (χ2v) is 2.61. The molecular weight excluding hydrogens is 203 g/mol. The predicted molar refractivity (Wildman–Crippen MR) is 38.6 cm³/mol. The van der Waals surface area contributed by atoms with E-state index >= 15 is 0 Å². The van der Waals surface area contributed by atoms with Crippen LogP contribution in [0.3, 0.4) is 0 Å². The lowest BCUT2D eigenvalue weighted by atomic mass is 10.6. The van der Waals surface area contributed by atoms with Crippen molar-refractivity contribution >= 4 is 28.9 Å². The molecule has 0 unspecified atom stereocenters. The number of rotatable bonds is 0. The number of halogens is 1. The normalized spacial score (nSPS) is 18.1. The zero-order chi connectivity index (χ0) is 5.11. The zero-order valence-corrected chi connectivity index (χ0v) is 5.84. The predicted octanol–water partition coefficient (Wildman–Crippen LogP) is 0.894. The smallest absolute Gasteiger partial charge is 0.0867 e. The van der Waals surface area contributed by atoms with E-state index in [9.17, 15) is 0 Å². The van der Waals surface area contributed by atoms with Gasteiger partial charge in [0.25, 0.3) is 0 Å². The summed E-state index contributed by atoms with van der Waals surface area (Å²) in [6, 6.07) is 0. The summed E-state index contributed by atoms with van der Waals surface area (Å²) >= 11 is 2.24. The maximum Gasteiger partial charge on any atom is 0.0867 e. The third kappa shape index (κ3) is 1.46. The van der Waals surface area contributed by atoms with Gasteiger partial charge in [-0.25, -0.2) is 0 Å². The van der Waals surface area contributed by atoms with Gasteiger partial charge in [0.05, 0.1) is 12.9 Å². The molecule has 0 saturated carbocycles. The van der Waals surface area contributed by atoms with E-state index in [1.807, 2.05) is 6.20 Å². The summed E-state index contributed by atoms with van der Waals surface area (Å²) in [4.78, 5) is 3.95. The molecule has 0 fully saturated rings. The topological polar surface area (TPSA) is 24.4 Å². The van der Waals surface area contributed by atoms with E-state index < -0.39 is 0 Å². The van der Waals surface area contributed by atoms with Crippen LogP contribution < -0.4 is 5.32 Å². The Bertz CT molecular complexity index is 117. The average Bonchev–Trinajstić information content (AvgIpc) is 1.69. The van der Waals surface area contributed by atoms with E-state index in [1.54, 1.807) is 6.34 Å². The summed E-state index contributed by atoms with van der Waals surface area (Å²) in [5.41, 5.74) is 0. The van der Waals surface area contributed by atoms with Crippen molar-refractivity contribution in [2.45, 2.75) is 0 Å². The van der Waals surface area contributed by atoms with E-state index in [1.165, 1.54) is 3.58 Å². The number of hydrogen-bond donors (Lipinski definition) is 1. The standard InChI is InChI=1S/C4H5IN2/c5-4-1-6-3-7-2-4/h1,3H,2H2,(H,6,7). The van der Waals surface area contributed by atoms with E-state index in [0.717, 1.165) is 6.54 Å². The fourth-order valence-corrected chi connectivity index (χ4v) is 0.736. The zero-order valence-electron chi connectivity index (χ0n) is 3.69. The summed E-state index contributed by atoms with van der Waals surface area (Å²) < 4.78 is 1.25. The Kier molecular flexibility index (Phi) is 1.67. The van der Waals surface area contributed by atoms with Crippen molar-refractivity contribution < 1.29 is 0 Å². The molecular formula is C4H5IN2. The highest BCUT2D eigenvalue weighted by atomic mass is 127. The number of nitrogens with one attached hydrogen (secondary N) is 1. The molecule has 3 heteroatoms. The van der Waals surface area contributed by atoms with Crippen molar-refractivity contribution in [3.05, 3.63) is 9.78 Å². The lowest BCUT2D eigenvalue weighted by Crippen LogP contribution is -2.06. The molecule has 0 amide bonds. The molecule has 38 valence electrons. The van der Waals surface area contributed by atoms with Crippen LogP contribution in [0, 0.1) is 0 Å². The quantitative estimate of drug-likeness (QED) is 0.587. The highest BCUT2D eigenvalue weighted by Crippen LogP contribution is 2.04. The van der Waals surface area contributed by atoms with E-state index in [0.29, 0.717) is 0 Å². The van der Waals surface area contributed by atoms with Gasteiger partial charge in [0.1, 0.15) is 0 Å². The molecule has 1 aliphatic heterocycles. The van der Waals surface area contributed by atoms with Crippen LogP contribution in [0.2, 0.25) is 0 Å². The van der Waals surface area contributed by atoms with Gasteiger partial charge in [-0.05, 0) is 22.6 Å². The van der Waals surface area contributed by atoms with Gasteiger partial charge in [-0.15, -0.1) is 0 Å². The summed E-state index contributed by atoms with van der Waals surface area (Å²) in [6.45, 7) is 0.841. The van der Waals surface area contributed by atoms with Gasteiger partial charge in [0, 0.05) is 9.78 Å². The van der Waals surface area contributed by atoms with Gasteiger partial charge in [0.2, 0.25) is 0 Å². The maximum absolute atomic E-state index is 3.95. The molecule has 1 aliphatic rings. The Morgan fingerprint density at radius 2 is 2.71 bits per heavy atom. The fourth-order valence-electron chi connectivity index (χ4n) is 0.359. The minimum absolute atomic E-state index is 0.841. The Morgan fingerprint density at radius 3 is 3.00 bits per heavy atom. The van der Waals surface area contributed by atoms with E-state index in [4.69, 9.17) is 0 Å². The molecule has 0 saturated heterocycles. The largest absolute Gasteiger partial charge is 0.352 e. The molecule has 0 spiro atoms. The van der Waals surface area contributed by atoms with Crippen LogP contribution in [0.5, 0.6) is 0 Å². The van der Waals surface area contributed by atoms with Crippen LogP contribution in [0.4, 0.5) is 0 Å². The molecule has 0 radical (unpaired) electrons. The van der Waals surface area contributed by atoms with Crippen molar-refractivity contribution in [1.82, 2.24) is 5.32 Å². The average molecular weight is 208 g/mol. The molecule has 0 aromatic carbocycles. The molecule has 0 aromatic heterocycles. The van der Waals surface area contributed by atoms with E-state index in [2.05, 4.69) is 32.9 Å². The first kappa shape index (κ1) is 5.08. The summed E-state index contributed by atoms with van der Waals surface area (Å²) in [5.74, 6) is 0. The Hall–Kier alpha value is -0.0600. The van der Waals surface area contributed by atoms with Crippen LogP contribution in [0.25, 0.3) is 0 Å². The molecule has 2 nitrogen and oxygen atoms in total. The summed E-state index contributed by atoms with van der Waals surface area (Å²) in [5, 5.41) is 2.87. The second-order valence-electron chi connectivity index (χ2n) is 1.23. The van der Waals surface area contributed by atoms with Crippen LogP contribution in [-0.2, 0) is 0 Å². The Morgan fingerprint density at radius 1 is 1.86 bits per heavy atom. The van der Waals surface area contributed by atoms with Crippen LogP contribution in [0.1, 0.15) is 0 Å². The first-order valence-electron chi connectivity index (χ1n) is 1.98. The van der Waals surface area contributed by atoms with Crippen molar-refractivity contribution in [3.8, 4) is 0 Å². The molecule has 1 N–H and O–H groups in total.